The number of carbonyl (C=O) groups excluding carboxylic acids is 3. The standard InChI is InChI=1S/C25H25ClN4O5/c1-30(2)18-8-6-7-16(13-18)24(32)28-29-25(33)19-9-4-5-10-21(19)35-15-23(31)27-20-12-11-17(26)14-22(20)34-3/h4-14H,15H2,1-3H3,(H,27,31)(H,28,32)(H,29,33). The molecule has 0 atom stereocenters. The molecule has 0 saturated carbocycles. The minimum absolute atomic E-state index is 0.145. The minimum atomic E-state index is -0.600. The molecule has 0 unspecified atom stereocenters. The van der Waals surface area contributed by atoms with Crippen LogP contribution in [-0.2, 0) is 4.79 Å². The Balaban J connectivity index is 1.60. The Kier molecular flexibility index (Phi) is 8.53. The van der Waals surface area contributed by atoms with Gasteiger partial charge in [-0.1, -0.05) is 29.8 Å². The molecule has 0 saturated heterocycles. The third-order valence-electron chi connectivity index (χ3n) is 4.84. The molecular formula is C25H25ClN4O5. The number of amides is 3. The molecule has 10 heteroatoms. The van der Waals surface area contributed by atoms with Crippen LogP contribution in [0.5, 0.6) is 11.5 Å². The van der Waals surface area contributed by atoms with Gasteiger partial charge in [0.2, 0.25) is 0 Å². The van der Waals surface area contributed by atoms with E-state index in [4.69, 9.17) is 21.1 Å². The van der Waals surface area contributed by atoms with E-state index in [2.05, 4.69) is 16.2 Å². The maximum Gasteiger partial charge on any atom is 0.273 e. The fourth-order valence-corrected chi connectivity index (χ4v) is 3.22. The quantitative estimate of drug-likeness (QED) is 0.412. The third-order valence-corrected chi connectivity index (χ3v) is 5.08. The summed E-state index contributed by atoms with van der Waals surface area (Å²) in [4.78, 5) is 39.4. The summed E-state index contributed by atoms with van der Waals surface area (Å²) in [6, 6.07) is 18.1. The summed E-state index contributed by atoms with van der Waals surface area (Å²) in [6.45, 7) is -0.361. The van der Waals surface area contributed by atoms with Gasteiger partial charge < -0.3 is 19.7 Å². The molecule has 0 heterocycles. The van der Waals surface area contributed by atoms with Crippen molar-refractivity contribution in [3.63, 3.8) is 0 Å². The van der Waals surface area contributed by atoms with Gasteiger partial charge in [-0.15, -0.1) is 0 Å². The van der Waals surface area contributed by atoms with E-state index in [1.807, 2.05) is 25.1 Å². The maximum atomic E-state index is 12.7. The van der Waals surface area contributed by atoms with Crippen molar-refractivity contribution in [1.29, 1.82) is 0 Å². The first-order valence-corrected chi connectivity index (χ1v) is 10.9. The summed E-state index contributed by atoms with van der Waals surface area (Å²) >= 11 is 5.94. The van der Waals surface area contributed by atoms with Gasteiger partial charge in [-0.2, -0.15) is 0 Å². The Labute approximate surface area is 207 Å². The van der Waals surface area contributed by atoms with Crippen molar-refractivity contribution in [2.45, 2.75) is 0 Å². The molecule has 0 aliphatic heterocycles. The summed E-state index contributed by atoms with van der Waals surface area (Å²) in [7, 11) is 5.19. The van der Waals surface area contributed by atoms with Crippen molar-refractivity contribution >= 4 is 40.7 Å². The molecule has 3 rings (SSSR count). The summed E-state index contributed by atoms with van der Waals surface area (Å²) in [6.07, 6.45) is 0. The normalized spacial score (nSPS) is 10.2. The van der Waals surface area contributed by atoms with Crippen molar-refractivity contribution in [2.24, 2.45) is 0 Å². The number of anilines is 2. The average molecular weight is 497 g/mol. The van der Waals surface area contributed by atoms with Crippen LogP contribution in [0.1, 0.15) is 20.7 Å². The first-order chi connectivity index (χ1) is 16.8. The fourth-order valence-electron chi connectivity index (χ4n) is 3.06. The summed E-state index contributed by atoms with van der Waals surface area (Å²) in [5.41, 5.74) is 6.56. The van der Waals surface area contributed by atoms with Crippen LogP contribution < -0.4 is 30.5 Å². The van der Waals surface area contributed by atoms with Crippen LogP contribution in [0.3, 0.4) is 0 Å². The van der Waals surface area contributed by atoms with Crippen molar-refractivity contribution < 1.29 is 23.9 Å². The van der Waals surface area contributed by atoms with E-state index < -0.39 is 17.7 Å². The smallest absolute Gasteiger partial charge is 0.273 e. The number of methoxy groups -OCH3 is 1. The van der Waals surface area contributed by atoms with E-state index in [0.717, 1.165) is 5.69 Å². The van der Waals surface area contributed by atoms with Crippen LogP contribution in [0.25, 0.3) is 0 Å². The van der Waals surface area contributed by atoms with Gasteiger partial charge >= 0.3 is 0 Å². The zero-order valence-corrected chi connectivity index (χ0v) is 20.2. The predicted octanol–water partition coefficient (Wildman–Crippen LogP) is 3.51. The van der Waals surface area contributed by atoms with Gasteiger partial charge in [0.25, 0.3) is 17.7 Å². The van der Waals surface area contributed by atoms with Crippen LogP contribution in [0.4, 0.5) is 11.4 Å². The number of hydrogen-bond acceptors (Lipinski definition) is 6. The molecule has 0 fully saturated rings. The van der Waals surface area contributed by atoms with Gasteiger partial charge in [-0.3, -0.25) is 25.2 Å². The summed E-state index contributed by atoms with van der Waals surface area (Å²) in [5.74, 6) is -0.964. The second kappa shape index (κ2) is 11.8. The average Bonchev–Trinajstić information content (AvgIpc) is 2.87. The number of nitrogens with one attached hydrogen (secondary N) is 3. The molecule has 3 amide bonds. The molecule has 182 valence electrons. The van der Waals surface area contributed by atoms with Gasteiger partial charge in [0.1, 0.15) is 11.5 Å². The van der Waals surface area contributed by atoms with Crippen molar-refractivity contribution in [2.75, 3.05) is 38.0 Å². The highest BCUT2D eigenvalue weighted by Crippen LogP contribution is 2.27. The molecule has 0 aromatic heterocycles. The van der Waals surface area contributed by atoms with Gasteiger partial charge in [-0.25, -0.2) is 0 Å². The Hall–Kier alpha value is -4.24. The van der Waals surface area contributed by atoms with E-state index in [0.29, 0.717) is 22.0 Å². The topological polar surface area (TPSA) is 109 Å². The van der Waals surface area contributed by atoms with Crippen LogP contribution in [-0.4, -0.2) is 45.5 Å². The lowest BCUT2D eigenvalue weighted by atomic mass is 10.2. The van der Waals surface area contributed by atoms with Gasteiger partial charge in [0.05, 0.1) is 18.4 Å². The molecule has 0 aliphatic carbocycles. The second-order valence-corrected chi connectivity index (χ2v) is 7.97. The van der Waals surface area contributed by atoms with E-state index in [1.54, 1.807) is 54.6 Å². The van der Waals surface area contributed by atoms with Crippen LogP contribution in [0.15, 0.2) is 66.7 Å². The highest BCUT2D eigenvalue weighted by atomic mass is 35.5. The second-order valence-electron chi connectivity index (χ2n) is 7.53. The zero-order valence-electron chi connectivity index (χ0n) is 19.4. The van der Waals surface area contributed by atoms with E-state index >= 15 is 0 Å². The van der Waals surface area contributed by atoms with Crippen LogP contribution in [0, 0.1) is 0 Å². The third kappa shape index (κ3) is 6.87. The summed E-state index contributed by atoms with van der Waals surface area (Å²) < 4.78 is 10.8. The van der Waals surface area contributed by atoms with Crippen molar-refractivity contribution in [3.8, 4) is 11.5 Å². The Morgan fingerprint density at radius 1 is 0.886 bits per heavy atom. The molecule has 3 N–H and O–H groups in total. The lowest BCUT2D eigenvalue weighted by molar-refractivity contribution is -0.118. The predicted molar refractivity (Wildman–Crippen MR) is 134 cm³/mol. The largest absolute Gasteiger partial charge is 0.495 e. The highest BCUT2D eigenvalue weighted by molar-refractivity contribution is 6.30. The molecule has 9 nitrogen and oxygen atoms in total. The van der Waals surface area contributed by atoms with Gasteiger partial charge in [0, 0.05) is 36.4 Å². The lowest BCUT2D eigenvalue weighted by Crippen LogP contribution is -2.41. The highest BCUT2D eigenvalue weighted by Gasteiger charge is 2.16. The monoisotopic (exact) mass is 496 g/mol. The molecular weight excluding hydrogens is 472 g/mol. The fraction of sp³-hybridized carbons (Fsp3) is 0.160. The zero-order chi connectivity index (χ0) is 25.4. The Morgan fingerprint density at radius 2 is 1.63 bits per heavy atom. The molecule has 0 radical (unpaired) electrons. The number of nitrogens with zero attached hydrogens (tertiary/aromatic N) is 1. The molecule has 0 bridgehead atoms. The SMILES string of the molecule is COc1cc(Cl)ccc1NC(=O)COc1ccccc1C(=O)NNC(=O)c1cccc(N(C)C)c1. The van der Waals surface area contributed by atoms with Crippen LogP contribution >= 0.6 is 11.6 Å². The molecule has 3 aromatic carbocycles. The van der Waals surface area contributed by atoms with E-state index in [-0.39, 0.29) is 17.9 Å². The number of benzene rings is 3. The Morgan fingerprint density at radius 3 is 2.37 bits per heavy atom. The molecule has 35 heavy (non-hydrogen) atoms. The molecule has 0 aliphatic rings. The maximum absolute atomic E-state index is 12.7. The van der Waals surface area contributed by atoms with E-state index in [1.165, 1.54) is 13.2 Å². The van der Waals surface area contributed by atoms with Gasteiger partial charge in [-0.05, 0) is 42.5 Å². The molecule has 0 spiro atoms. The van der Waals surface area contributed by atoms with Crippen molar-refractivity contribution in [3.05, 3.63) is 82.9 Å². The van der Waals surface area contributed by atoms with E-state index in [9.17, 15) is 14.4 Å². The van der Waals surface area contributed by atoms with Crippen LogP contribution in [0.2, 0.25) is 5.02 Å². The number of halogens is 1. The minimum Gasteiger partial charge on any atom is -0.495 e. The Bertz CT molecular complexity index is 1230. The first-order valence-electron chi connectivity index (χ1n) is 10.5. The number of rotatable bonds is 8. The lowest BCUT2D eigenvalue weighted by Gasteiger charge is -2.15. The number of para-hydroxylation sites is 1. The number of hydrazine groups is 1. The number of carbonyl (C=O) groups is 3. The first kappa shape index (κ1) is 25.4. The van der Waals surface area contributed by atoms with Crippen molar-refractivity contribution in [1.82, 2.24) is 10.9 Å². The molecule has 3 aromatic rings. The number of ether oxygens (including phenoxy) is 2. The summed E-state index contributed by atoms with van der Waals surface area (Å²) in [5, 5.41) is 3.14. The van der Waals surface area contributed by atoms with Gasteiger partial charge in [0.15, 0.2) is 6.61 Å². The number of hydrogen-bond donors (Lipinski definition) is 3.